The summed E-state index contributed by atoms with van der Waals surface area (Å²) in [4.78, 5) is 30.0. The average Bonchev–Trinajstić information content (AvgIpc) is 3.16. The summed E-state index contributed by atoms with van der Waals surface area (Å²) >= 11 is 0. The van der Waals surface area contributed by atoms with Crippen molar-refractivity contribution in [2.24, 2.45) is 0 Å². The second kappa shape index (κ2) is 6.48. The van der Waals surface area contributed by atoms with Gasteiger partial charge in [-0.05, 0) is 41.3 Å². The van der Waals surface area contributed by atoms with Crippen LogP contribution < -0.4 is 0 Å². The molecule has 1 unspecified atom stereocenters. The largest absolute Gasteiger partial charge is 0.330 e. The molecule has 4 nitrogen and oxygen atoms in total. The number of nitrogens with zero attached hydrogens (tertiary/aromatic N) is 2. The van der Waals surface area contributed by atoms with Crippen molar-refractivity contribution in [3.8, 4) is 0 Å². The van der Waals surface area contributed by atoms with E-state index < -0.39 is 0 Å². The third-order valence-electron chi connectivity index (χ3n) is 4.84. The number of hydrogen-bond donors (Lipinski definition) is 0. The molecule has 1 fully saturated rings. The van der Waals surface area contributed by atoms with Crippen LogP contribution >= 0.6 is 0 Å². The lowest BCUT2D eigenvalue weighted by Gasteiger charge is -2.26. The van der Waals surface area contributed by atoms with Crippen LogP contribution in [0.4, 0.5) is 0 Å². The van der Waals surface area contributed by atoms with Gasteiger partial charge in [0.1, 0.15) is 12.0 Å². The van der Waals surface area contributed by atoms with Gasteiger partial charge in [0.25, 0.3) is 5.91 Å². The van der Waals surface area contributed by atoms with Crippen LogP contribution in [0.25, 0.3) is 10.8 Å². The van der Waals surface area contributed by atoms with E-state index in [-0.39, 0.29) is 11.9 Å². The van der Waals surface area contributed by atoms with Crippen LogP contribution in [0.15, 0.2) is 60.8 Å². The summed E-state index contributed by atoms with van der Waals surface area (Å²) in [5, 5.41) is 2.37. The summed E-state index contributed by atoms with van der Waals surface area (Å²) < 4.78 is 0. The molecule has 1 saturated heterocycles. The highest BCUT2D eigenvalue weighted by atomic mass is 16.2. The van der Waals surface area contributed by atoms with E-state index in [1.807, 2.05) is 23.1 Å². The highest BCUT2D eigenvalue weighted by Crippen LogP contribution is 2.36. The lowest BCUT2D eigenvalue weighted by Crippen LogP contribution is -2.31. The molecule has 0 N–H and O–H groups in total. The quantitative estimate of drug-likeness (QED) is 0.681. The first-order chi connectivity index (χ1) is 12.3. The lowest BCUT2D eigenvalue weighted by molar-refractivity contribution is 0.0730. The third kappa shape index (κ3) is 2.80. The van der Waals surface area contributed by atoms with Gasteiger partial charge >= 0.3 is 0 Å². The molecule has 2 heterocycles. The molecule has 4 heteroatoms. The van der Waals surface area contributed by atoms with Crippen LogP contribution in [0.2, 0.25) is 0 Å². The van der Waals surface area contributed by atoms with Gasteiger partial charge in [-0.1, -0.05) is 42.5 Å². The first-order valence-corrected chi connectivity index (χ1v) is 8.48. The van der Waals surface area contributed by atoms with Gasteiger partial charge in [-0.3, -0.25) is 14.6 Å². The van der Waals surface area contributed by atoms with Gasteiger partial charge in [0.15, 0.2) is 0 Å². The Labute approximate surface area is 146 Å². The number of likely N-dealkylation sites (tertiary alicyclic amines) is 1. The lowest BCUT2D eigenvalue weighted by atomic mass is 9.97. The molecule has 1 aliphatic heterocycles. The van der Waals surface area contributed by atoms with Crippen molar-refractivity contribution in [2.75, 3.05) is 6.54 Å². The van der Waals surface area contributed by atoms with E-state index in [2.05, 4.69) is 29.2 Å². The van der Waals surface area contributed by atoms with Crippen molar-refractivity contribution < 1.29 is 9.59 Å². The van der Waals surface area contributed by atoms with Gasteiger partial charge in [0.2, 0.25) is 0 Å². The Morgan fingerprint density at radius 2 is 1.96 bits per heavy atom. The van der Waals surface area contributed by atoms with E-state index >= 15 is 0 Å². The number of carbonyl (C=O) groups excluding carboxylic acids is 2. The zero-order valence-electron chi connectivity index (χ0n) is 13.8. The van der Waals surface area contributed by atoms with Crippen molar-refractivity contribution in [3.05, 3.63) is 77.6 Å². The van der Waals surface area contributed by atoms with Crippen LogP contribution in [0.3, 0.4) is 0 Å². The van der Waals surface area contributed by atoms with E-state index in [0.717, 1.165) is 19.1 Å². The summed E-state index contributed by atoms with van der Waals surface area (Å²) in [6.07, 6.45) is 4.16. The van der Waals surface area contributed by atoms with Gasteiger partial charge in [0.05, 0.1) is 6.04 Å². The molecule has 0 radical (unpaired) electrons. The van der Waals surface area contributed by atoms with Crippen LogP contribution in [-0.4, -0.2) is 28.6 Å². The molecule has 4 rings (SSSR count). The molecule has 0 spiro atoms. The van der Waals surface area contributed by atoms with Crippen LogP contribution in [0.1, 0.15) is 45.3 Å². The second-order valence-corrected chi connectivity index (χ2v) is 6.32. The fourth-order valence-corrected chi connectivity index (χ4v) is 3.66. The summed E-state index contributed by atoms with van der Waals surface area (Å²) in [7, 11) is 0. The Hall–Kier alpha value is -3.01. The summed E-state index contributed by atoms with van der Waals surface area (Å²) in [5.41, 5.74) is 1.98. The van der Waals surface area contributed by atoms with E-state index in [1.54, 1.807) is 12.1 Å². The molecule has 0 aliphatic carbocycles. The van der Waals surface area contributed by atoms with Crippen LogP contribution in [0, 0.1) is 0 Å². The van der Waals surface area contributed by atoms with Crippen molar-refractivity contribution in [2.45, 2.75) is 18.9 Å². The number of rotatable bonds is 3. The molecule has 3 aromatic rings. The fraction of sp³-hybridized carbons (Fsp3) is 0.190. The zero-order valence-corrected chi connectivity index (χ0v) is 13.8. The van der Waals surface area contributed by atoms with E-state index in [4.69, 9.17) is 0 Å². The van der Waals surface area contributed by atoms with Crippen LogP contribution in [0.5, 0.6) is 0 Å². The van der Waals surface area contributed by atoms with Gasteiger partial charge in [0, 0.05) is 18.3 Å². The number of carbonyl (C=O) groups is 2. The number of aldehydes is 1. The standard InChI is InChI=1S/C21H18N2O2/c24-14-15-10-11-22-19(13-15)21(25)23-12-4-9-20(23)18-8-3-6-16-5-1-2-7-17(16)18/h1-3,5-8,10-11,13-14,20H,4,9,12H2. The molecule has 1 aromatic heterocycles. The van der Waals surface area contributed by atoms with Crippen molar-refractivity contribution in [1.82, 2.24) is 9.88 Å². The average molecular weight is 330 g/mol. The Morgan fingerprint density at radius 1 is 1.12 bits per heavy atom. The molecular formula is C21H18N2O2. The minimum Gasteiger partial charge on any atom is -0.330 e. The van der Waals surface area contributed by atoms with Crippen LogP contribution in [-0.2, 0) is 0 Å². The van der Waals surface area contributed by atoms with Gasteiger partial charge in [-0.15, -0.1) is 0 Å². The molecule has 1 atom stereocenters. The minimum atomic E-state index is -0.112. The minimum absolute atomic E-state index is 0.0419. The number of fused-ring (bicyclic) bond motifs is 1. The van der Waals surface area contributed by atoms with Crippen molar-refractivity contribution in [3.63, 3.8) is 0 Å². The zero-order chi connectivity index (χ0) is 17.2. The molecule has 124 valence electrons. The predicted molar refractivity (Wildman–Crippen MR) is 96.6 cm³/mol. The smallest absolute Gasteiger partial charge is 0.272 e. The maximum absolute atomic E-state index is 13.0. The first-order valence-electron chi connectivity index (χ1n) is 8.48. The number of benzene rings is 2. The van der Waals surface area contributed by atoms with Gasteiger partial charge in [-0.25, -0.2) is 0 Å². The summed E-state index contributed by atoms with van der Waals surface area (Å²) in [6.45, 7) is 0.708. The fourth-order valence-electron chi connectivity index (χ4n) is 3.66. The number of amides is 1. The number of pyridine rings is 1. The summed E-state index contributed by atoms with van der Waals surface area (Å²) in [6, 6.07) is 17.7. The Morgan fingerprint density at radius 3 is 2.84 bits per heavy atom. The van der Waals surface area contributed by atoms with Gasteiger partial charge in [-0.2, -0.15) is 0 Å². The van der Waals surface area contributed by atoms with E-state index in [9.17, 15) is 9.59 Å². The molecule has 2 aromatic carbocycles. The molecule has 0 bridgehead atoms. The number of aromatic nitrogens is 1. The molecule has 1 aliphatic rings. The Balaban J connectivity index is 1.72. The Bertz CT molecular complexity index is 946. The van der Waals surface area contributed by atoms with Crippen molar-refractivity contribution >= 4 is 23.0 Å². The number of hydrogen-bond acceptors (Lipinski definition) is 3. The molecule has 0 saturated carbocycles. The second-order valence-electron chi connectivity index (χ2n) is 6.32. The monoisotopic (exact) mass is 330 g/mol. The summed E-state index contributed by atoms with van der Waals surface area (Å²) in [5.74, 6) is -0.112. The highest BCUT2D eigenvalue weighted by Gasteiger charge is 2.32. The normalized spacial score (nSPS) is 17.0. The molecular weight excluding hydrogens is 312 g/mol. The SMILES string of the molecule is O=Cc1ccnc(C(=O)N2CCCC2c2cccc3ccccc23)c1. The van der Waals surface area contributed by atoms with Crippen molar-refractivity contribution in [1.29, 1.82) is 0 Å². The first kappa shape index (κ1) is 15.5. The molecule has 25 heavy (non-hydrogen) atoms. The topological polar surface area (TPSA) is 50.3 Å². The maximum atomic E-state index is 13.0. The predicted octanol–water partition coefficient (Wildman–Crippen LogP) is 4.02. The van der Waals surface area contributed by atoms with Gasteiger partial charge < -0.3 is 4.90 Å². The highest BCUT2D eigenvalue weighted by molar-refractivity contribution is 5.95. The maximum Gasteiger partial charge on any atom is 0.272 e. The third-order valence-corrected chi connectivity index (χ3v) is 4.84. The van der Waals surface area contributed by atoms with E-state index in [1.165, 1.54) is 22.5 Å². The molecule has 1 amide bonds. The Kier molecular flexibility index (Phi) is 4.02. The van der Waals surface area contributed by atoms with E-state index in [0.29, 0.717) is 17.8 Å².